The van der Waals surface area contributed by atoms with Crippen LogP contribution in [0.3, 0.4) is 0 Å². The van der Waals surface area contributed by atoms with Crippen LogP contribution in [0.25, 0.3) is 21.1 Å². The average molecular weight is 452 g/mol. The maximum atomic E-state index is 12.8. The minimum atomic E-state index is -0.136. The first-order valence-corrected chi connectivity index (χ1v) is 11.4. The zero-order valence-electron chi connectivity index (χ0n) is 18.0. The van der Waals surface area contributed by atoms with Gasteiger partial charge in [-0.1, -0.05) is 30.3 Å². The zero-order valence-corrected chi connectivity index (χ0v) is 18.8. The standard InChI is InChI=1S/C26H21N5OS/c1-16-19-10-12-28-22(19)8-7-21(16)31-24-18(14-27)15-30-26-20(24)13-23(33-26)25(32)29-11-9-17-5-3-2-4-6-17/h2-8,10,12-13,15,28H,9,11H2,1H3,(H,29,32)(H,30,31). The highest BCUT2D eigenvalue weighted by atomic mass is 32.1. The SMILES string of the molecule is Cc1c(Nc2c(C#N)cnc3sc(C(=O)NCCc4ccccc4)cc23)ccc2[nH]ccc12. The number of hydrogen-bond acceptors (Lipinski definition) is 5. The monoisotopic (exact) mass is 451 g/mol. The van der Waals surface area contributed by atoms with Gasteiger partial charge in [0.1, 0.15) is 10.9 Å². The minimum Gasteiger partial charge on any atom is -0.361 e. The van der Waals surface area contributed by atoms with Gasteiger partial charge in [-0.05, 0) is 48.7 Å². The van der Waals surface area contributed by atoms with E-state index < -0.39 is 0 Å². The summed E-state index contributed by atoms with van der Waals surface area (Å²) in [6.45, 7) is 2.59. The van der Waals surface area contributed by atoms with Crippen molar-refractivity contribution in [2.24, 2.45) is 0 Å². The van der Waals surface area contributed by atoms with Gasteiger partial charge in [-0.2, -0.15) is 5.26 Å². The maximum absolute atomic E-state index is 12.8. The van der Waals surface area contributed by atoms with Gasteiger partial charge >= 0.3 is 0 Å². The molecule has 0 fully saturated rings. The van der Waals surface area contributed by atoms with Crippen molar-refractivity contribution in [1.29, 1.82) is 5.26 Å². The van der Waals surface area contributed by atoms with Gasteiger partial charge in [-0.3, -0.25) is 4.79 Å². The number of benzene rings is 2. The van der Waals surface area contributed by atoms with Crippen LogP contribution in [0.5, 0.6) is 0 Å². The lowest BCUT2D eigenvalue weighted by atomic mass is 10.1. The predicted octanol–water partition coefficient (Wildman–Crippen LogP) is 5.67. The number of carbonyl (C=O) groups is 1. The molecule has 0 aliphatic heterocycles. The molecule has 7 heteroatoms. The van der Waals surface area contributed by atoms with Gasteiger partial charge in [0.15, 0.2) is 0 Å². The number of H-pyrrole nitrogens is 1. The summed E-state index contributed by atoms with van der Waals surface area (Å²) in [6, 6.07) is 20.1. The van der Waals surface area contributed by atoms with Crippen molar-refractivity contribution >= 4 is 49.7 Å². The number of rotatable bonds is 6. The summed E-state index contributed by atoms with van der Waals surface area (Å²) in [4.78, 5) is 21.7. The van der Waals surface area contributed by atoms with Crippen molar-refractivity contribution in [2.45, 2.75) is 13.3 Å². The minimum absolute atomic E-state index is 0.136. The summed E-state index contributed by atoms with van der Waals surface area (Å²) in [5.74, 6) is -0.136. The lowest BCUT2D eigenvalue weighted by molar-refractivity contribution is 0.0958. The van der Waals surface area contributed by atoms with Gasteiger partial charge in [0.25, 0.3) is 5.91 Å². The molecule has 5 rings (SSSR count). The summed E-state index contributed by atoms with van der Waals surface area (Å²) in [7, 11) is 0. The van der Waals surface area contributed by atoms with Gasteiger partial charge in [-0.25, -0.2) is 4.98 Å². The second kappa shape index (κ2) is 8.77. The van der Waals surface area contributed by atoms with Crippen LogP contribution in [0.15, 0.2) is 67.0 Å². The Morgan fingerprint density at radius 2 is 2.00 bits per heavy atom. The fraction of sp³-hybridized carbons (Fsp3) is 0.115. The number of thiophene rings is 1. The molecular formula is C26H21N5OS. The average Bonchev–Trinajstić information content (AvgIpc) is 3.49. The highest BCUT2D eigenvalue weighted by molar-refractivity contribution is 7.20. The second-order valence-electron chi connectivity index (χ2n) is 7.78. The van der Waals surface area contributed by atoms with Crippen LogP contribution >= 0.6 is 11.3 Å². The van der Waals surface area contributed by atoms with Crippen LogP contribution < -0.4 is 10.6 Å². The largest absolute Gasteiger partial charge is 0.361 e. The number of nitriles is 1. The number of carbonyl (C=O) groups excluding carboxylic acids is 1. The van der Waals surface area contributed by atoms with E-state index in [1.807, 2.05) is 67.7 Å². The van der Waals surface area contributed by atoms with E-state index in [9.17, 15) is 10.1 Å². The molecule has 0 spiro atoms. The molecule has 0 unspecified atom stereocenters. The van der Waals surface area contributed by atoms with Crippen LogP contribution in [0.1, 0.15) is 26.4 Å². The Labute approximate surface area is 194 Å². The first-order valence-electron chi connectivity index (χ1n) is 10.6. The topological polar surface area (TPSA) is 93.6 Å². The number of nitrogens with zero attached hydrogens (tertiary/aromatic N) is 2. The number of anilines is 2. The molecule has 0 aliphatic carbocycles. The highest BCUT2D eigenvalue weighted by Gasteiger charge is 2.17. The Bertz CT molecular complexity index is 1510. The van der Waals surface area contributed by atoms with E-state index >= 15 is 0 Å². The molecule has 3 heterocycles. The number of hydrogen-bond donors (Lipinski definition) is 3. The third kappa shape index (κ3) is 4.04. The van der Waals surface area contributed by atoms with Gasteiger partial charge in [0, 0.05) is 40.9 Å². The Kier molecular flexibility index (Phi) is 5.51. The van der Waals surface area contributed by atoms with E-state index in [0.29, 0.717) is 27.5 Å². The van der Waals surface area contributed by atoms with Gasteiger partial charge < -0.3 is 15.6 Å². The number of aromatic amines is 1. The van der Waals surface area contributed by atoms with Crippen LogP contribution in [-0.2, 0) is 6.42 Å². The van der Waals surface area contributed by atoms with Crippen molar-refractivity contribution in [3.8, 4) is 6.07 Å². The van der Waals surface area contributed by atoms with E-state index in [0.717, 1.165) is 34.0 Å². The van der Waals surface area contributed by atoms with Crippen LogP contribution in [0, 0.1) is 18.3 Å². The van der Waals surface area contributed by atoms with Crippen molar-refractivity contribution in [2.75, 3.05) is 11.9 Å². The molecule has 0 saturated heterocycles. The lowest BCUT2D eigenvalue weighted by Crippen LogP contribution is -2.24. The fourth-order valence-corrected chi connectivity index (χ4v) is 4.85. The summed E-state index contributed by atoms with van der Waals surface area (Å²) in [6.07, 6.45) is 4.23. The summed E-state index contributed by atoms with van der Waals surface area (Å²) < 4.78 is 0. The van der Waals surface area contributed by atoms with E-state index in [-0.39, 0.29) is 5.91 Å². The molecule has 33 heavy (non-hydrogen) atoms. The van der Waals surface area contributed by atoms with E-state index in [1.54, 1.807) is 6.20 Å². The predicted molar refractivity (Wildman–Crippen MR) is 133 cm³/mol. The molecule has 3 N–H and O–H groups in total. The third-order valence-electron chi connectivity index (χ3n) is 5.71. The number of pyridine rings is 1. The molecule has 0 radical (unpaired) electrons. The van der Waals surface area contributed by atoms with Crippen molar-refractivity contribution in [3.63, 3.8) is 0 Å². The normalized spacial score (nSPS) is 10.9. The molecule has 0 saturated carbocycles. The van der Waals surface area contributed by atoms with Crippen molar-refractivity contribution in [3.05, 3.63) is 88.6 Å². The first-order chi connectivity index (χ1) is 16.1. The first kappa shape index (κ1) is 20.7. The molecule has 0 bridgehead atoms. The smallest absolute Gasteiger partial charge is 0.261 e. The fourth-order valence-electron chi connectivity index (χ4n) is 3.93. The summed E-state index contributed by atoms with van der Waals surface area (Å²) in [5, 5.41) is 18.0. The molecule has 162 valence electrons. The molecule has 6 nitrogen and oxygen atoms in total. The summed E-state index contributed by atoms with van der Waals surface area (Å²) in [5.41, 5.74) is 5.33. The Morgan fingerprint density at radius 3 is 2.82 bits per heavy atom. The van der Waals surface area contributed by atoms with Gasteiger partial charge in [0.05, 0.1) is 16.1 Å². The van der Waals surface area contributed by atoms with Crippen LogP contribution in [-0.4, -0.2) is 22.4 Å². The third-order valence-corrected chi connectivity index (χ3v) is 6.75. The van der Waals surface area contributed by atoms with Crippen LogP contribution in [0.4, 0.5) is 11.4 Å². The van der Waals surface area contributed by atoms with E-state index in [4.69, 9.17) is 0 Å². The molecule has 5 aromatic rings. The molecule has 3 aromatic heterocycles. The Hall–Kier alpha value is -4.15. The maximum Gasteiger partial charge on any atom is 0.261 e. The van der Waals surface area contributed by atoms with Gasteiger partial charge in [-0.15, -0.1) is 11.3 Å². The molecule has 0 atom stereocenters. The number of amides is 1. The quantitative estimate of drug-likeness (QED) is 0.310. The number of aromatic nitrogens is 2. The van der Waals surface area contributed by atoms with Crippen molar-refractivity contribution in [1.82, 2.24) is 15.3 Å². The van der Waals surface area contributed by atoms with Gasteiger partial charge in [0.2, 0.25) is 0 Å². The van der Waals surface area contributed by atoms with Crippen molar-refractivity contribution < 1.29 is 4.79 Å². The highest BCUT2D eigenvalue weighted by Crippen LogP contribution is 2.36. The zero-order chi connectivity index (χ0) is 22.8. The Balaban J connectivity index is 1.43. The molecule has 0 aliphatic rings. The number of fused-ring (bicyclic) bond motifs is 2. The lowest BCUT2D eigenvalue weighted by Gasteiger charge is -2.12. The second-order valence-corrected chi connectivity index (χ2v) is 8.81. The van der Waals surface area contributed by atoms with E-state index in [1.165, 1.54) is 16.9 Å². The van der Waals surface area contributed by atoms with Crippen LogP contribution in [0.2, 0.25) is 0 Å². The molecule has 2 aromatic carbocycles. The summed E-state index contributed by atoms with van der Waals surface area (Å²) >= 11 is 1.33. The van der Waals surface area contributed by atoms with E-state index in [2.05, 4.69) is 26.7 Å². The Morgan fingerprint density at radius 1 is 1.15 bits per heavy atom. The molecular weight excluding hydrogens is 430 g/mol. The number of aryl methyl sites for hydroxylation is 1. The molecule has 1 amide bonds. The number of nitrogens with one attached hydrogen (secondary N) is 3.